The largest absolute Gasteiger partial charge is 0.374 e. The monoisotopic (exact) mass is 198 g/mol. The van der Waals surface area contributed by atoms with Crippen LogP contribution in [-0.4, -0.2) is 11.9 Å². The number of halogens is 1. The van der Waals surface area contributed by atoms with Gasteiger partial charge in [-0.1, -0.05) is 11.6 Å². The number of nitrogens with one attached hydrogen (secondary N) is 1. The quantitative estimate of drug-likeness (QED) is 0.776. The summed E-state index contributed by atoms with van der Waals surface area (Å²) >= 11 is 5.69. The highest BCUT2D eigenvalue weighted by molar-refractivity contribution is 6.30. The Kier molecular flexibility index (Phi) is 3.14. The zero-order valence-electron chi connectivity index (χ0n) is 7.25. The molecule has 0 heterocycles. The molecular formula is C9H11ClN2O. The average Bonchev–Trinajstić information content (AvgIpc) is 2.08. The molecule has 0 radical (unpaired) electrons. The second-order valence-electron chi connectivity index (χ2n) is 2.78. The van der Waals surface area contributed by atoms with Crippen LogP contribution in [0.3, 0.4) is 0 Å². The van der Waals surface area contributed by atoms with E-state index in [4.69, 9.17) is 17.3 Å². The van der Waals surface area contributed by atoms with Crippen molar-refractivity contribution in [3.63, 3.8) is 0 Å². The second-order valence-corrected chi connectivity index (χ2v) is 3.21. The van der Waals surface area contributed by atoms with E-state index in [0.717, 1.165) is 5.69 Å². The SMILES string of the molecule is CC(Nc1ccc(Cl)cc1)C(N)=O. The maximum absolute atomic E-state index is 10.7. The summed E-state index contributed by atoms with van der Waals surface area (Å²) in [5, 5.41) is 3.60. The normalized spacial score (nSPS) is 12.2. The fourth-order valence-electron chi connectivity index (χ4n) is 0.867. The van der Waals surface area contributed by atoms with Gasteiger partial charge in [0.15, 0.2) is 0 Å². The highest BCUT2D eigenvalue weighted by Crippen LogP contribution is 2.13. The van der Waals surface area contributed by atoms with Crippen molar-refractivity contribution >= 4 is 23.2 Å². The van der Waals surface area contributed by atoms with Gasteiger partial charge in [0, 0.05) is 10.7 Å². The van der Waals surface area contributed by atoms with Crippen LogP contribution < -0.4 is 11.1 Å². The predicted molar refractivity (Wildman–Crippen MR) is 53.7 cm³/mol. The van der Waals surface area contributed by atoms with Gasteiger partial charge in [0.2, 0.25) is 5.91 Å². The van der Waals surface area contributed by atoms with Gasteiger partial charge in [0.25, 0.3) is 0 Å². The number of amides is 1. The van der Waals surface area contributed by atoms with Crippen LogP contribution in [0.15, 0.2) is 24.3 Å². The highest BCUT2D eigenvalue weighted by atomic mass is 35.5. The van der Waals surface area contributed by atoms with E-state index in [0.29, 0.717) is 5.02 Å². The lowest BCUT2D eigenvalue weighted by molar-refractivity contribution is -0.118. The Labute approximate surface area is 81.9 Å². The summed E-state index contributed by atoms with van der Waals surface area (Å²) in [6.45, 7) is 1.71. The van der Waals surface area contributed by atoms with Crippen LogP contribution in [0.4, 0.5) is 5.69 Å². The molecule has 1 rings (SSSR count). The summed E-state index contributed by atoms with van der Waals surface area (Å²) in [6, 6.07) is 6.71. The molecule has 4 heteroatoms. The number of anilines is 1. The zero-order chi connectivity index (χ0) is 9.84. The highest BCUT2D eigenvalue weighted by Gasteiger charge is 2.06. The molecule has 70 valence electrons. The van der Waals surface area contributed by atoms with Crippen molar-refractivity contribution in [2.45, 2.75) is 13.0 Å². The molecule has 0 aromatic heterocycles. The number of nitrogens with two attached hydrogens (primary N) is 1. The Bertz CT molecular complexity index is 297. The number of carbonyl (C=O) groups excluding carboxylic acids is 1. The average molecular weight is 199 g/mol. The molecule has 1 aromatic carbocycles. The molecule has 3 nitrogen and oxygen atoms in total. The number of carbonyl (C=O) groups is 1. The number of benzene rings is 1. The number of hydrogen-bond acceptors (Lipinski definition) is 2. The fourth-order valence-corrected chi connectivity index (χ4v) is 0.993. The molecule has 1 atom stereocenters. The minimum absolute atomic E-state index is 0.374. The third-order valence-corrected chi connectivity index (χ3v) is 1.91. The van der Waals surface area contributed by atoms with Gasteiger partial charge in [-0.2, -0.15) is 0 Å². The van der Waals surface area contributed by atoms with Crippen LogP contribution in [-0.2, 0) is 4.79 Å². The molecule has 0 bridgehead atoms. The molecule has 1 unspecified atom stereocenters. The lowest BCUT2D eigenvalue weighted by Crippen LogP contribution is -2.32. The first kappa shape index (κ1) is 9.86. The Balaban J connectivity index is 2.64. The Hall–Kier alpha value is -1.22. The van der Waals surface area contributed by atoms with Crippen LogP contribution in [0, 0.1) is 0 Å². The van der Waals surface area contributed by atoms with Gasteiger partial charge in [0.1, 0.15) is 6.04 Å². The summed E-state index contributed by atoms with van der Waals surface area (Å²) in [5.74, 6) is -0.380. The lowest BCUT2D eigenvalue weighted by atomic mass is 10.2. The van der Waals surface area contributed by atoms with Crippen molar-refractivity contribution in [3.05, 3.63) is 29.3 Å². The Morgan fingerprint density at radius 2 is 2.00 bits per heavy atom. The standard InChI is InChI=1S/C9H11ClN2O/c1-6(9(11)13)12-8-4-2-7(10)3-5-8/h2-6,12H,1H3,(H2,11,13). The molecule has 0 aliphatic carbocycles. The summed E-state index contributed by atoms with van der Waals surface area (Å²) in [4.78, 5) is 10.7. The smallest absolute Gasteiger partial charge is 0.239 e. The Morgan fingerprint density at radius 1 is 1.46 bits per heavy atom. The first-order valence-electron chi connectivity index (χ1n) is 3.91. The van der Waals surface area contributed by atoms with E-state index in [1.54, 1.807) is 31.2 Å². The van der Waals surface area contributed by atoms with Gasteiger partial charge in [-0.05, 0) is 31.2 Å². The fraction of sp³-hybridized carbons (Fsp3) is 0.222. The molecule has 0 fully saturated rings. The summed E-state index contributed by atoms with van der Waals surface area (Å²) in [7, 11) is 0. The minimum Gasteiger partial charge on any atom is -0.374 e. The van der Waals surface area contributed by atoms with E-state index in [9.17, 15) is 4.79 Å². The lowest BCUT2D eigenvalue weighted by Gasteiger charge is -2.10. The Morgan fingerprint density at radius 3 is 2.46 bits per heavy atom. The van der Waals surface area contributed by atoms with Crippen LogP contribution >= 0.6 is 11.6 Å². The van der Waals surface area contributed by atoms with E-state index in [1.165, 1.54) is 0 Å². The van der Waals surface area contributed by atoms with Crippen molar-refractivity contribution < 1.29 is 4.79 Å². The van der Waals surface area contributed by atoms with Gasteiger partial charge in [-0.3, -0.25) is 4.79 Å². The molecular weight excluding hydrogens is 188 g/mol. The van der Waals surface area contributed by atoms with Crippen molar-refractivity contribution in [1.29, 1.82) is 0 Å². The first-order chi connectivity index (χ1) is 6.09. The first-order valence-corrected chi connectivity index (χ1v) is 4.29. The molecule has 0 aliphatic heterocycles. The molecule has 13 heavy (non-hydrogen) atoms. The third-order valence-electron chi connectivity index (χ3n) is 1.65. The van der Waals surface area contributed by atoms with E-state index in [-0.39, 0.29) is 11.9 Å². The third kappa shape index (κ3) is 2.95. The van der Waals surface area contributed by atoms with Crippen LogP contribution in [0.1, 0.15) is 6.92 Å². The van der Waals surface area contributed by atoms with E-state index >= 15 is 0 Å². The van der Waals surface area contributed by atoms with Crippen molar-refractivity contribution in [2.75, 3.05) is 5.32 Å². The van der Waals surface area contributed by atoms with Gasteiger partial charge in [-0.15, -0.1) is 0 Å². The van der Waals surface area contributed by atoms with Crippen molar-refractivity contribution in [2.24, 2.45) is 5.73 Å². The topological polar surface area (TPSA) is 55.1 Å². The molecule has 0 spiro atoms. The van der Waals surface area contributed by atoms with Crippen molar-refractivity contribution in [3.8, 4) is 0 Å². The van der Waals surface area contributed by atoms with E-state index in [1.807, 2.05) is 0 Å². The zero-order valence-corrected chi connectivity index (χ0v) is 8.01. The van der Waals surface area contributed by atoms with E-state index < -0.39 is 0 Å². The van der Waals surface area contributed by atoms with Gasteiger partial charge in [-0.25, -0.2) is 0 Å². The number of rotatable bonds is 3. The minimum atomic E-state index is -0.380. The summed E-state index contributed by atoms with van der Waals surface area (Å²) in [5.41, 5.74) is 5.92. The molecule has 1 aromatic rings. The van der Waals surface area contributed by atoms with Crippen LogP contribution in [0.5, 0.6) is 0 Å². The molecule has 1 amide bonds. The van der Waals surface area contributed by atoms with Crippen LogP contribution in [0.25, 0.3) is 0 Å². The summed E-state index contributed by atoms with van der Waals surface area (Å²) < 4.78 is 0. The molecule has 0 saturated carbocycles. The maximum Gasteiger partial charge on any atom is 0.239 e. The number of hydrogen-bond donors (Lipinski definition) is 2. The number of primary amides is 1. The maximum atomic E-state index is 10.7. The second kappa shape index (κ2) is 4.14. The molecule has 0 aliphatic rings. The van der Waals surface area contributed by atoms with Crippen molar-refractivity contribution in [1.82, 2.24) is 0 Å². The van der Waals surface area contributed by atoms with Gasteiger partial charge < -0.3 is 11.1 Å². The predicted octanol–water partition coefficient (Wildman–Crippen LogP) is 1.63. The molecule has 0 saturated heterocycles. The molecule has 3 N–H and O–H groups in total. The van der Waals surface area contributed by atoms with Crippen LogP contribution in [0.2, 0.25) is 5.02 Å². The van der Waals surface area contributed by atoms with Gasteiger partial charge in [0.05, 0.1) is 0 Å². The van der Waals surface area contributed by atoms with E-state index in [2.05, 4.69) is 5.32 Å². The van der Waals surface area contributed by atoms with Gasteiger partial charge >= 0.3 is 0 Å². The summed E-state index contributed by atoms with van der Waals surface area (Å²) in [6.07, 6.45) is 0.